The molecule has 20 heavy (non-hydrogen) atoms. The molecule has 1 aromatic heterocycles. The Labute approximate surface area is 118 Å². The maximum Gasteiger partial charge on any atom is 0.355 e. The van der Waals surface area contributed by atoms with E-state index in [1.54, 1.807) is 13.8 Å². The van der Waals surface area contributed by atoms with Gasteiger partial charge >= 0.3 is 11.9 Å². The quantitative estimate of drug-likeness (QED) is 0.786. The van der Waals surface area contributed by atoms with Gasteiger partial charge < -0.3 is 15.3 Å². The predicted molar refractivity (Wildman–Crippen MR) is 71.8 cm³/mol. The molecule has 0 fully saturated rings. The highest BCUT2D eigenvalue weighted by Crippen LogP contribution is 2.36. The number of carboxylic acids is 2. The fourth-order valence-electron chi connectivity index (χ4n) is 2.02. The van der Waals surface area contributed by atoms with Crippen molar-refractivity contribution in [1.82, 2.24) is 4.98 Å². The van der Waals surface area contributed by atoms with Gasteiger partial charge in [0.25, 0.3) is 0 Å². The van der Waals surface area contributed by atoms with E-state index in [-0.39, 0.29) is 10.9 Å². The molecule has 0 aliphatic rings. The van der Waals surface area contributed by atoms with E-state index in [4.69, 9.17) is 21.8 Å². The number of hydrogen-bond acceptors (Lipinski definition) is 4. The van der Waals surface area contributed by atoms with E-state index >= 15 is 0 Å². The molecule has 104 valence electrons. The van der Waals surface area contributed by atoms with E-state index in [1.165, 1.54) is 6.07 Å². The lowest BCUT2D eigenvalue weighted by Crippen LogP contribution is -2.12. The highest BCUT2D eigenvalue weighted by molar-refractivity contribution is 6.32. The van der Waals surface area contributed by atoms with Crippen LogP contribution in [0.4, 0.5) is 0 Å². The highest BCUT2D eigenvalue weighted by atomic mass is 35.5. The molecule has 0 atom stereocenters. The van der Waals surface area contributed by atoms with Crippen molar-refractivity contribution in [3.63, 3.8) is 0 Å². The number of rotatable bonds is 2. The van der Waals surface area contributed by atoms with Crippen LogP contribution in [0.15, 0.2) is 6.07 Å². The van der Waals surface area contributed by atoms with Gasteiger partial charge in [0.05, 0.1) is 5.52 Å². The van der Waals surface area contributed by atoms with E-state index in [1.807, 2.05) is 0 Å². The number of fused-ring (bicyclic) bond motifs is 1. The second-order valence-electron chi connectivity index (χ2n) is 4.30. The molecule has 0 spiro atoms. The summed E-state index contributed by atoms with van der Waals surface area (Å²) in [7, 11) is 0. The van der Waals surface area contributed by atoms with Gasteiger partial charge in [0.2, 0.25) is 0 Å². The molecule has 0 unspecified atom stereocenters. The zero-order valence-electron chi connectivity index (χ0n) is 10.6. The molecular weight excluding hydrogens is 286 g/mol. The standard InChI is InChI=1S/C13H10ClNO5/c1-4-5(2)8-7(3-6(4)14)15-10(13(19)20)9(11(8)16)12(17)18/h3H,1-2H3,(H,15,16)(H,17,18)(H,19,20). The average Bonchev–Trinajstić information content (AvgIpc) is 2.34. The van der Waals surface area contributed by atoms with E-state index in [0.29, 0.717) is 16.1 Å². The molecule has 0 saturated heterocycles. The van der Waals surface area contributed by atoms with Gasteiger partial charge in [0.1, 0.15) is 11.3 Å². The molecule has 0 radical (unpaired) electrons. The van der Waals surface area contributed by atoms with Crippen molar-refractivity contribution < 1.29 is 24.9 Å². The number of carbonyl (C=O) groups is 2. The zero-order valence-corrected chi connectivity index (χ0v) is 11.3. The van der Waals surface area contributed by atoms with Crippen molar-refractivity contribution in [3.05, 3.63) is 33.5 Å². The average molecular weight is 296 g/mol. The largest absolute Gasteiger partial charge is 0.506 e. The van der Waals surface area contributed by atoms with Crippen LogP contribution in [0.1, 0.15) is 32.0 Å². The molecule has 3 N–H and O–H groups in total. The topological polar surface area (TPSA) is 108 Å². The molecule has 7 heteroatoms. The number of nitrogens with zero attached hydrogens (tertiary/aromatic N) is 1. The maximum absolute atomic E-state index is 11.2. The Bertz CT molecular complexity index is 769. The van der Waals surface area contributed by atoms with E-state index in [0.717, 1.165) is 0 Å². The van der Waals surface area contributed by atoms with E-state index < -0.39 is 28.9 Å². The van der Waals surface area contributed by atoms with Crippen molar-refractivity contribution in [2.24, 2.45) is 0 Å². The molecule has 0 aliphatic heterocycles. The minimum Gasteiger partial charge on any atom is -0.506 e. The van der Waals surface area contributed by atoms with Crippen LogP contribution in [-0.2, 0) is 0 Å². The molecule has 2 rings (SSSR count). The summed E-state index contributed by atoms with van der Waals surface area (Å²) < 4.78 is 0. The van der Waals surface area contributed by atoms with Gasteiger partial charge in [-0.1, -0.05) is 11.6 Å². The fourth-order valence-corrected chi connectivity index (χ4v) is 2.26. The Hall–Kier alpha value is -2.34. The molecule has 0 bridgehead atoms. The second kappa shape index (κ2) is 4.64. The summed E-state index contributed by atoms with van der Waals surface area (Å²) in [6.45, 7) is 3.36. The normalized spacial score (nSPS) is 10.8. The molecule has 6 nitrogen and oxygen atoms in total. The number of aryl methyl sites for hydroxylation is 1. The van der Waals surface area contributed by atoms with Crippen LogP contribution in [0.25, 0.3) is 10.9 Å². The summed E-state index contributed by atoms with van der Waals surface area (Å²) in [4.78, 5) is 26.0. The number of aromatic carboxylic acids is 2. The van der Waals surface area contributed by atoms with Crippen LogP contribution < -0.4 is 0 Å². The highest BCUT2D eigenvalue weighted by Gasteiger charge is 2.26. The first-order valence-electron chi connectivity index (χ1n) is 5.54. The van der Waals surface area contributed by atoms with Crippen LogP contribution in [0.3, 0.4) is 0 Å². The van der Waals surface area contributed by atoms with Crippen LogP contribution in [-0.4, -0.2) is 32.2 Å². The van der Waals surface area contributed by atoms with Crippen molar-refractivity contribution >= 4 is 34.4 Å². The van der Waals surface area contributed by atoms with Gasteiger partial charge in [-0.05, 0) is 31.0 Å². The molecule has 2 aromatic rings. The Balaban J connectivity index is 3.06. The van der Waals surface area contributed by atoms with E-state index in [9.17, 15) is 14.7 Å². The third-order valence-electron chi connectivity index (χ3n) is 3.17. The predicted octanol–water partition coefficient (Wildman–Crippen LogP) is 2.61. The maximum atomic E-state index is 11.2. The first kappa shape index (κ1) is 14.1. The third kappa shape index (κ3) is 1.94. The summed E-state index contributed by atoms with van der Waals surface area (Å²) in [6, 6.07) is 1.40. The molecule has 1 aromatic carbocycles. The Kier molecular flexibility index (Phi) is 3.27. The smallest absolute Gasteiger partial charge is 0.355 e. The molecular formula is C13H10ClNO5. The molecule has 0 saturated carbocycles. The van der Waals surface area contributed by atoms with E-state index in [2.05, 4.69) is 4.98 Å². The van der Waals surface area contributed by atoms with Crippen molar-refractivity contribution in [2.45, 2.75) is 13.8 Å². The number of aromatic nitrogens is 1. The SMILES string of the molecule is Cc1c(Cl)cc2nc(C(=O)O)c(C(=O)O)c(O)c2c1C. The van der Waals surface area contributed by atoms with Gasteiger partial charge in [0, 0.05) is 10.4 Å². The minimum atomic E-state index is -1.55. The lowest BCUT2D eigenvalue weighted by molar-refractivity contribution is 0.0644. The van der Waals surface area contributed by atoms with Gasteiger partial charge in [-0.2, -0.15) is 0 Å². The third-order valence-corrected chi connectivity index (χ3v) is 3.57. The van der Waals surface area contributed by atoms with Gasteiger partial charge in [-0.15, -0.1) is 0 Å². The van der Waals surface area contributed by atoms with Crippen molar-refractivity contribution in [2.75, 3.05) is 0 Å². The van der Waals surface area contributed by atoms with Crippen LogP contribution in [0.5, 0.6) is 5.75 Å². The summed E-state index contributed by atoms with van der Waals surface area (Å²) >= 11 is 5.99. The summed E-state index contributed by atoms with van der Waals surface area (Å²) in [5.41, 5.74) is -0.0951. The lowest BCUT2D eigenvalue weighted by Gasteiger charge is -2.12. The second-order valence-corrected chi connectivity index (χ2v) is 4.70. The molecule has 1 heterocycles. The van der Waals surface area contributed by atoms with Gasteiger partial charge in [-0.3, -0.25) is 0 Å². The monoisotopic (exact) mass is 295 g/mol. The summed E-state index contributed by atoms with van der Waals surface area (Å²) in [6.07, 6.45) is 0. The number of pyridine rings is 1. The number of benzene rings is 1. The van der Waals surface area contributed by atoms with Crippen LogP contribution >= 0.6 is 11.6 Å². The number of halogens is 1. The summed E-state index contributed by atoms with van der Waals surface area (Å²) in [5, 5.41) is 28.8. The Morgan fingerprint density at radius 3 is 2.25 bits per heavy atom. The number of carboxylic acid groups (broad SMARTS) is 2. The van der Waals surface area contributed by atoms with Crippen LogP contribution in [0, 0.1) is 13.8 Å². The fraction of sp³-hybridized carbons (Fsp3) is 0.154. The van der Waals surface area contributed by atoms with Gasteiger partial charge in [0.15, 0.2) is 5.69 Å². The molecule has 0 aliphatic carbocycles. The lowest BCUT2D eigenvalue weighted by atomic mass is 9.99. The van der Waals surface area contributed by atoms with Gasteiger partial charge in [-0.25, -0.2) is 14.6 Å². The number of hydrogen-bond donors (Lipinski definition) is 3. The van der Waals surface area contributed by atoms with Crippen molar-refractivity contribution in [3.8, 4) is 5.75 Å². The Morgan fingerprint density at radius 1 is 1.15 bits per heavy atom. The van der Waals surface area contributed by atoms with Crippen LogP contribution in [0.2, 0.25) is 5.02 Å². The minimum absolute atomic E-state index is 0.137. The number of aromatic hydroxyl groups is 1. The zero-order chi connectivity index (χ0) is 15.2. The molecule has 0 amide bonds. The Morgan fingerprint density at radius 2 is 1.75 bits per heavy atom. The first-order valence-corrected chi connectivity index (χ1v) is 5.92. The summed E-state index contributed by atoms with van der Waals surface area (Å²) in [5.74, 6) is -3.70. The van der Waals surface area contributed by atoms with Crippen molar-refractivity contribution in [1.29, 1.82) is 0 Å². The first-order chi connectivity index (χ1) is 9.25.